The highest BCUT2D eigenvalue weighted by Gasteiger charge is 2.27. The number of halogens is 1. The first kappa shape index (κ1) is 38.8. The zero-order chi connectivity index (χ0) is 38.0. The molecule has 0 aliphatic carbocycles. The number of likely N-dealkylation sites (tertiary alicyclic amines) is 1. The third kappa shape index (κ3) is 9.43. The first-order valence-electron chi connectivity index (χ1n) is 18.3. The summed E-state index contributed by atoms with van der Waals surface area (Å²) < 4.78 is 27.0. The van der Waals surface area contributed by atoms with Crippen molar-refractivity contribution in [3.05, 3.63) is 99.3 Å². The molecule has 0 spiro atoms. The minimum atomic E-state index is -1.10. The number of carbonyl (C=O) groups is 2. The topological polar surface area (TPSA) is 117 Å². The molecule has 0 radical (unpaired) electrons. The van der Waals surface area contributed by atoms with Gasteiger partial charge in [0.05, 0.1) is 29.5 Å². The number of para-hydroxylation sites is 1. The van der Waals surface area contributed by atoms with Crippen LogP contribution >= 0.6 is 22.7 Å². The van der Waals surface area contributed by atoms with Crippen molar-refractivity contribution in [2.45, 2.75) is 58.6 Å². The van der Waals surface area contributed by atoms with Gasteiger partial charge in [-0.1, -0.05) is 61.3 Å². The number of ether oxygens (including phenoxy) is 2. The summed E-state index contributed by atoms with van der Waals surface area (Å²) in [5, 5.41) is 14.0. The van der Waals surface area contributed by atoms with E-state index in [2.05, 4.69) is 32.0 Å². The van der Waals surface area contributed by atoms with E-state index >= 15 is 0 Å². The predicted molar refractivity (Wildman–Crippen MR) is 213 cm³/mol. The number of nitrogens with zero attached hydrogens (tertiary/aromatic N) is 4. The van der Waals surface area contributed by atoms with Crippen molar-refractivity contribution in [1.29, 1.82) is 0 Å². The molecule has 2 aliphatic heterocycles. The second-order valence-electron chi connectivity index (χ2n) is 12.7. The van der Waals surface area contributed by atoms with Crippen LogP contribution in [0.1, 0.15) is 75.5 Å². The SMILES string of the molecule is CC.COC1CCN(CC#Cc2ccc(OCCCc3sc(N4CCc5cccc(C(=O)Nc6nc7ccccc7s6)c5C4)nc3C(=O)O)c(F)c2)CC1. The summed E-state index contributed by atoms with van der Waals surface area (Å²) in [5.41, 5.74) is 3.94. The molecule has 10 nitrogen and oxygen atoms in total. The molecule has 5 aromatic rings. The van der Waals surface area contributed by atoms with Crippen LogP contribution in [0.15, 0.2) is 60.7 Å². The van der Waals surface area contributed by atoms with Crippen LogP contribution in [0.25, 0.3) is 10.2 Å². The lowest BCUT2D eigenvalue weighted by Gasteiger charge is -2.29. The molecule has 1 amide bonds. The van der Waals surface area contributed by atoms with Crippen LogP contribution in [0, 0.1) is 17.7 Å². The minimum absolute atomic E-state index is 0.00448. The van der Waals surface area contributed by atoms with Gasteiger partial charge >= 0.3 is 5.97 Å². The van der Waals surface area contributed by atoms with E-state index in [1.807, 2.05) is 55.1 Å². The second kappa shape index (κ2) is 18.4. The lowest BCUT2D eigenvalue weighted by Crippen LogP contribution is -2.36. The normalized spacial score (nSPS) is 14.4. The molecule has 2 aromatic heterocycles. The van der Waals surface area contributed by atoms with Crippen molar-refractivity contribution in [2.75, 3.05) is 50.1 Å². The molecule has 3 aromatic carbocycles. The minimum Gasteiger partial charge on any atom is -0.491 e. The Kier molecular flexibility index (Phi) is 13.3. The molecule has 4 heterocycles. The highest BCUT2D eigenvalue weighted by Crippen LogP contribution is 2.33. The number of aromatic nitrogens is 2. The summed E-state index contributed by atoms with van der Waals surface area (Å²) in [6, 6.07) is 18.2. The number of amides is 1. The van der Waals surface area contributed by atoms with Gasteiger partial charge in [0.1, 0.15) is 0 Å². The van der Waals surface area contributed by atoms with Crippen molar-refractivity contribution in [1.82, 2.24) is 14.9 Å². The van der Waals surface area contributed by atoms with Crippen molar-refractivity contribution in [3.8, 4) is 17.6 Å². The fourth-order valence-corrected chi connectivity index (χ4v) is 8.50. The Morgan fingerprint density at radius 3 is 2.61 bits per heavy atom. The van der Waals surface area contributed by atoms with Crippen molar-refractivity contribution < 1.29 is 28.6 Å². The lowest BCUT2D eigenvalue weighted by molar-refractivity contribution is 0.0450. The highest BCUT2D eigenvalue weighted by molar-refractivity contribution is 7.22. The van der Waals surface area contributed by atoms with Gasteiger partial charge in [-0.25, -0.2) is 19.2 Å². The number of carbonyl (C=O) groups excluding carboxylic acids is 1. The highest BCUT2D eigenvalue weighted by atomic mass is 32.1. The second-order valence-corrected chi connectivity index (χ2v) is 14.8. The average Bonchev–Trinajstić information content (AvgIpc) is 3.82. The molecule has 0 unspecified atom stereocenters. The van der Waals surface area contributed by atoms with Crippen molar-refractivity contribution in [2.24, 2.45) is 0 Å². The Morgan fingerprint density at radius 2 is 1.85 bits per heavy atom. The van der Waals surface area contributed by atoms with Crippen LogP contribution in [0.5, 0.6) is 5.75 Å². The van der Waals surface area contributed by atoms with Gasteiger partial charge in [0.2, 0.25) is 0 Å². The number of hydrogen-bond acceptors (Lipinski definition) is 10. The lowest BCUT2D eigenvalue weighted by atomic mass is 9.94. The number of carboxylic acids is 1. The number of benzene rings is 3. The van der Waals surface area contributed by atoms with E-state index in [0.717, 1.165) is 47.3 Å². The van der Waals surface area contributed by atoms with Gasteiger partial charge in [-0.3, -0.25) is 15.0 Å². The maximum atomic E-state index is 14.8. The molecule has 0 saturated carbocycles. The fraction of sp³-hybridized carbons (Fsp3) is 0.366. The van der Waals surface area contributed by atoms with Crippen LogP contribution < -0.4 is 15.0 Å². The number of anilines is 2. The molecule has 1 fully saturated rings. The smallest absolute Gasteiger partial charge is 0.355 e. The maximum Gasteiger partial charge on any atom is 0.355 e. The van der Waals surface area contributed by atoms with Gasteiger partial charge in [-0.2, -0.15) is 0 Å². The molecule has 7 rings (SSSR count). The quantitative estimate of drug-likeness (QED) is 0.102. The fourth-order valence-electron chi connectivity index (χ4n) is 6.53. The Balaban J connectivity index is 0.00000245. The van der Waals surface area contributed by atoms with Crippen LogP contribution in [-0.4, -0.2) is 77.9 Å². The number of aryl methyl sites for hydroxylation is 1. The van der Waals surface area contributed by atoms with Gasteiger partial charge in [0.15, 0.2) is 27.5 Å². The summed E-state index contributed by atoms with van der Waals surface area (Å²) in [7, 11) is 1.75. The zero-order valence-electron chi connectivity index (χ0n) is 30.7. The molecule has 54 heavy (non-hydrogen) atoms. The van der Waals surface area contributed by atoms with Crippen molar-refractivity contribution in [3.63, 3.8) is 0 Å². The van der Waals surface area contributed by atoms with Gasteiger partial charge in [0.25, 0.3) is 5.91 Å². The summed E-state index contributed by atoms with van der Waals surface area (Å²) in [6.45, 7) is 7.76. The molecular weight excluding hydrogens is 726 g/mol. The number of nitrogens with one attached hydrogen (secondary N) is 1. The van der Waals surface area contributed by atoms with Crippen LogP contribution in [0.2, 0.25) is 0 Å². The Morgan fingerprint density at radius 1 is 1.04 bits per heavy atom. The molecule has 0 bridgehead atoms. The number of aromatic carboxylic acids is 1. The Bertz CT molecular complexity index is 2120. The van der Waals surface area contributed by atoms with Crippen LogP contribution in [-0.2, 0) is 24.1 Å². The first-order valence-corrected chi connectivity index (χ1v) is 19.9. The third-order valence-corrected chi connectivity index (χ3v) is 11.5. The molecule has 2 aliphatic rings. The molecule has 2 N–H and O–H groups in total. The van der Waals surface area contributed by atoms with E-state index in [-0.39, 0.29) is 24.0 Å². The number of piperidine rings is 1. The number of methoxy groups -OCH3 is 1. The van der Waals surface area contributed by atoms with Gasteiger partial charge in [-0.15, -0.1) is 11.3 Å². The molecule has 13 heteroatoms. The van der Waals surface area contributed by atoms with E-state index in [1.54, 1.807) is 25.3 Å². The number of rotatable bonds is 11. The van der Waals surface area contributed by atoms with Gasteiger partial charge < -0.3 is 19.5 Å². The van der Waals surface area contributed by atoms with Gasteiger partial charge in [0, 0.05) is 49.3 Å². The zero-order valence-corrected chi connectivity index (χ0v) is 32.3. The van der Waals surface area contributed by atoms with E-state index in [9.17, 15) is 19.1 Å². The number of hydrogen-bond donors (Lipinski definition) is 2. The summed E-state index contributed by atoms with van der Waals surface area (Å²) >= 11 is 2.75. The first-order chi connectivity index (χ1) is 26.3. The number of carboxylic acid groups (broad SMARTS) is 1. The third-order valence-electron chi connectivity index (χ3n) is 9.33. The van der Waals surface area contributed by atoms with Gasteiger partial charge in [-0.05, 0) is 79.6 Å². The molecule has 282 valence electrons. The molecule has 0 atom stereocenters. The monoisotopic (exact) mass is 769 g/mol. The van der Waals surface area contributed by atoms with E-state index in [1.165, 1.54) is 28.7 Å². The number of fused-ring (bicyclic) bond motifs is 2. The van der Waals surface area contributed by atoms with E-state index < -0.39 is 11.8 Å². The Hall–Kier alpha value is -4.87. The van der Waals surface area contributed by atoms with Crippen LogP contribution in [0.3, 0.4) is 0 Å². The number of thiazole rings is 2. The standard InChI is InChI=1S/C39H38FN5O5S2.C2H6/c1-49-27-16-19-44(20-17-27)18-5-7-25-13-14-32(30(40)23-25)50-22-6-12-34-35(37(47)48)42-39(52-34)45-21-15-26-8-4-9-28(29(26)24-45)36(46)43-38-41-31-10-2-3-11-33(31)51-38;1-2/h2-4,8-11,13-14,23,27H,6,12,15-22,24H2,1H3,(H,47,48)(H,41,43,46);1-2H3. The predicted octanol–water partition coefficient (Wildman–Crippen LogP) is 7.91. The van der Waals surface area contributed by atoms with Crippen LogP contribution in [0.4, 0.5) is 14.7 Å². The maximum absolute atomic E-state index is 14.8. The largest absolute Gasteiger partial charge is 0.491 e. The molecular formula is C41H44FN5O5S2. The summed E-state index contributed by atoms with van der Waals surface area (Å²) in [4.78, 5) is 39.6. The average molecular weight is 770 g/mol. The van der Waals surface area contributed by atoms with E-state index in [0.29, 0.717) is 71.3 Å². The summed E-state index contributed by atoms with van der Waals surface area (Å²) in [5.74, 6) is 4.48. The van der Waals surface area contributed by atoms with Crippen molar-refractivity contribution >= 4 is 55.0 Å². The summed E-state index contributed by atoms with van der Waals surface area (Å²) in [6.07, 6.45) is 3.87. The Labute approximate surface area is 323 Å². The molecule has 1 saturated heterocycles. The van der Waals surface area contributed by atoms with E-state index in [4.69, 9.17) is 9.47 Å².